The first-order valence-corrected chi connectivity index (χ1v) is 9.84. The van der Waals surface area contributed by atoms with Gasteiger partial charge in [0.2, 0.25) is 11.8 Å². The van der Waals surface area contributed by atoms with Crippen LogP contribution in [0.1, 0.15) is 37.7 Å². The number of nitrogens with zero attached hydrogens (tertiary/aromatic N) is 1. The summed E-state index contributed by atoms with van der Waals surface area (Å²) in [5, 5.41) is 0. The molecule has 2 amide bonds. The molecule has 1 aromatic rings. The second-order valence-electron chi connectivity index (χ2n) is 8.13. The fraction of sp³-hybridized carbons (Fsp3) is 0.455. The Hall–Kier alpha value is -2.37. The first kappa shape index (κ1) is 17.7. The predicted octanol–water partition coefficient (Wildman–Crippen LogP) is 4.89. The smallest absolute Gasteiger partial charge is 0.274 e. The maximum Gasteiger partial charge on any atom is 0.418 e. The van der Waals surface area contributed by atoms with Gasteiger partial charge in [-0.05, 0) is 37.8 Å². The molecule has 1 saturated heterocycles. The molecule has 28 heavy (non-hydrogen) atoms. The first-order valence-electron chi connectivity index (χ1n) is 9.84. The van der Waals surface area contributed by atoms with Crippen LogP contribution < -0.4 is 4.90 Å². The van der Waals surface area contributed by atoms with Gasteiger partial charge in [0.05, 0.1) is 23.1 Å². The van der Waals surface area contributed by atoms with E-state index in [4.69, 9.17) is 0 Å². The zero-order chi connectivity index (χ0) is 19.6. The van der Waals surface area contributed by atoms with Crippen LogP contribution in [0.5, 0.6) is 0 Å². The summed E-state index contributed by atoms with van der Waals surface area (Å²) in [5.41, 5.74) is 1.29. The lowest BCUT2D eigenvalue weighted by Crippen LogP contribution is -2.35. The van der Waals surface area contributed by atoms with Gasteiger partial charge in [-0.3, -0.25) is 9.59 Å². The summed E-state index contributed by atoms with van der Waals surface area (Å²) in [7, 11) is 0. The van der Waals surface area contributed by atoms with Crippen molar-refractivity contribution < 1.29 is 22.8 Å². The van der Waals surface area contributed by atoms with Gasteiger partial charge in [-0.2, -0.15) is 13.2 Å². The van der Waals surface area contributed by atoms with E-state index >= 15 is 0 Å². The number of imide groups is 1. The lowest BCUT2D eigenvalue weighted by molar-refractivity contribution is -0.137. The third kappa shape index (κ3) is 2.36. The van der Waals surface area contributed by atoms with Crippen LogP contribution in [0.3, 0.4) is 0 Å². The molecule has 6 heteroatoms. The van der Waals surface area contributed by atoms with Crippen LogP contribution in [0.4, 0.5) is 18.9 Å². The number of hydrogen-bond donors (Lipinski definition) is 0. The van der Waals surface area contributed by atoms with Gasteiger partial charge in [0.25, 0.3) is 0 Å². The molecule has 0 spiro atoms. The molecule has 1 heterocycles. The van der Waals surface area contributed by atoms with E-state index in [-0.39, 0.29) is 17.5 Å². The Labute approximate surface area is 160 Å². The highest BCUT2D eigenvalue weighted by molar-refractivity contribution is 6.23. The van der Waals surface area contributed by atoms with Crippen molar-refractivity contribution in [2.75, 3.05) is 4.90 Å². The number of benzene rings is 1. The number of para-hydroxylation sites is 1. The lowest BCUT2D eigenvalue weighted by Gasteiger charge is -2.24. The van der Waals surface area contributed by atoms with Gasteiger partial charge in [-0.15, -0.1) is 0 Å². The summed E-state index contributed by atoms with van der Waals surface area (Å²) < 4.78 is 40.3. The van der Waals surface area contributed by atoms with Crippen molar-refractivity contribution >= 4 is 17.5 Å². The summed E-state index contributed by atoms with van der Waals surface area (Å²) in [6.45, 7) is 0. The summed E-state index contributed by atoms with van der Waals surface area (Å²) >= 11 is 0. The van der Waals surface area contributed by atoms with Gasteiger partial charge in [0.15, 0.2) is 0 Å². The SMILES string of the molecule is O=C1[C@H]2[C@H](C(=O)N1c1ccccc1C(F)(F)F)[C@H]1C=C[C@H]2C1=C1CCCCC1. The van der Waals surface area contributed by atoms with Crippen molar-refractivity contribution in [1.29, 1.82) is 0 Å². The zero-order valence-electron chi connectivity index (χ0n) is 15.2. The highest BCUT2D eigenvalue weighted by atomic mass is 19.4. The average molecular weight is 387 g/mol. The Morgan fingerprint density at radius 1 is 0.857 bits per heavy atom. The number of alkyl halides is 3. The van der Waals surface area contributed by atoms with Crippen molar-refractivity contribution in [3.8, 4) is 0 Å². The van der Waals surface area contributed by atoms with E-state index in [1.165, 1.54) is 35.8 Å². The van der Waals surface area contributed by atoms with Gasteiger partial charge in [0, 0.05) is 11.8 Å². The molecular weight excluding hydrogens is 367 g/mol. The van der Waals surface area contributed by atoms with E-state index in [9.17, 15) is 22.8 Å². The minimum atomic E-state index is -4.62. The van der Waals surface area contributed by atoms with E-state index in [0.717, 1.165) is 36.6 Å². The highest BCUT2D eigenvalue weighted by Crippen LogP contribution is 2.58. The van der Waals surface area contributed by atoms with Crippen molar-refractivity contribution in [1.82, 2.24) is 0 Å². The standard InChI is InChI=1S/C22H20F3NO2/c23-22(24,25)15-8-4-5-9-16(15)26-20(27)18-13-10-11-14(19(18)21(26)28)17(13)12-6-2-1-3-7-12/h4-5,8-11,13-14,18-19H,1-3,6-7H2/t13-,14-,18+,19+/m0/s1. The molecule has 1 aliphatic heterocycles. The van der Waals surface area contributed by atoms with Crippen molar-refractivity contribution in [2.45, 2.75) is 38.3 Å². The molecule has 2 bridgehead atoms. The monoisotopic (exact) mass is 387 g/mol. The Morgan fingerprint density at radius 3 is 2.00 bits per heavy atom. The van der Waals surface area contributed by atoms with Crippen molar-refractivity contribution in [3.05, 3.63) is 53.1 Å². The molecule has 146 valence electrons. The molecule has 1 aromatic carbocycles. The van der Waals surface area contributed by atoms with E-state index in [1.54, 1.807) is 0 Å². The summed E-state index contributed by atoms with van der Waals surface area (Å²) in [6, 6.07) is 4.85. The van der Waals surface area contributed by atoms with Crippen LogP contribution >= 0.6 is 0 Å². The van der Waals surface area contributed by atoms with Crippen LogP contribution in [0.15, 0.2) is 47.6 Å². The van der Waals surface area contributed by atoms with Crippen LogP contribution in [-0.2, 0) is 15.8 Å². The molecular formula is C22H20F3NO2. The Morgan fingerprint density at radius 2 is 1.43 bits per heavy atom. The molecule has 2 saturated carbocycles. The van der Waals surface area contributed by atoms with E-state index in [1.807, 2.05) is 12.2 Å². The van der Waals surface area contributed by atoms with E-state index < -0.39 is 35.4 Å². The highest BCUT2D eigenvalue weighted by Gasteiger charge is 2.62. The van der Waals surface area contributed by atoms with Crippen LogP contribution in [-0.4, -0.2) is 11.8 Å². The second-order valence-corrected chi connectivity index (χ2v) is 8.13. The van der Waals surface area contributed by atoms with Gasteiger partial charge >= 0.3 is 6.18 Å². The number of amides is 2. The van der Waals surface area contributed by atoms with Gasteiger partial charge in [0.1, 0.15) is 0 Å². The molecule has 3 nitrogen and oxygen atoms in total. The maximum absolute atomic E-state index is 13.4. The summed E-state index contributed by atoms with van der Waals surface area (Å²) in [6.07, 6.45) is 4.83. The van der Waals surface area contributed by atoms with Gasteiger partial charge < -0.3 is 0 Å². The maximum atomic E-state index is 13.4. The van der Waals surface area contributed by atoms with E-state index in [2.05, 4.69) is 0 Å². The summed E-state index contributed by atoms with van der Waals surface area (Å²) in [5.74, 6) is -2.37. The molecule has 0 aromatic heterocycles. The zero-order valence-corrected chi connectivity index (χ0v) is 15.2. The molecule has 5 rings (SSSR count). The van der Waals surface area contributed by atoms with Gasteiger partial charge in [-0.25, -0.2) is 4.90 Å². The minimum Gasteiger partial charge on any atom is -0.274 e. The largest absolute Gasteiger partial charge is 0.418 e. The Balaban J connectivity index is 1.55. The summed E-state index contributed by atoms with van der Waals surface area (Å²) in [4.78, 5) is 27.2. The van der Waals surface area contributed by atoms with Gasteiger partial charge in [-0.1, -0.05) is 41.9 Å². The Kier molecular flexibility index (Phi) is 3.83. The number of fused-ring (bicyclic) bond motifs is 5. The normalized spacial score (nSPS) is 31.9. The van der Waals surface area contributed by atoms with E-state index in [0.29, 0.717) is 0 Å². The number of allylic oxidation sites excluding steroid dienone is 4. The topological polar surface area (TPSA) is 37.4 Å². The third-order valence-electron chi connectivity index (χ3n) is 6.73. The third-order valence-corrected chi connectivity index (χ3v) is 6.73. The van der Waals surface area contributed by atoms with Crippen molar-refractivity contribution in [2.24, 2.45) is 23.7 Å². The van der Waals surface area contributed by atoms with Crippen molar-refractivity contribution in [3.63, 3.8) is 0 Å². The number of carbonyl (C=O) groups is 2. The number of anilines is 1. The minimum absolute atomic E-state index is 0.136. The number of hydrogen-bond acceptors (Lipinski definition) is 2. The molecule has 0 unspecified atom stereocenters. The fourth-order valence-corrected chi connectivity index (χ4v) is 5.65. The molecule has 3 aliphatic carbocycles. The molecule has 0 N–H and O–H groups in total. The first-order chi connectivity index (χ1) is 13.4. The lowest BCUT2D eigenvalue weighted by atomic mass is 9.85. The average Bonchev–Trinajstić information content (AvgIpc) is 3.31. The molecule has 4 atom stereocenters. The second kappa shape index (κ2) is 6.06. The molecule has 3 fully saturated rings. The number of carbonyl (C=O) groups excluding carboxylic acids is 2. The quantitative estimate of drug-likeness (QED) is 0.508. The molecule has 4 aliphatic rings. The fourth-order valence-electron chi connectivity index (χ4n) is 5.65. The number of halogens is 3. The predicted molar refractivity (Wildman–Crippen MR) is 97.1 cm³/mol. The van der Waals surface area contributed by atoms with Crippen LogP contribution in [0.25, 0.3) is 0 Å². The van der Waals surface area contributed by atoms with Crippen LogP contribution in [0.2, 0.25) is 0 Å². The van der Waals surface area contributed by atoms with Crippen LogP contribution in [0, 0.1) is 23.7 Å². The molecule has 0 radical (unpaired) electrons. The number of rotatable bonds is 1. The Bertz CT molecular complexity index is 888.